The third kappa shape index (κ3) is 4.38. The van der Waals surface area contributed by atoms with Crippen LogP contribution in [0.5, 0.6) is 0 Å². The average molecular weight is 268 g/mol. The Kier molecular flexibility index (Phi) is 5.53. The van der Waals surface area contributed by atoms with Crippen molar-refractivity contribution in [3.63, 3.8) is 0 Å². The Labute approximate surface area is 112 Å². The van der Waals surface area contributed by atoms with E-state index in [4.69, 9.17) is 10.6 Å². The molecule has 0 aliphatic rings. The van der Waals surface area contributed by atoms with Crippen LogP contribution in [0.25, 0.3) is 0 Å². The number of anilines is 2. The number of ether oxygens (including phenoxy) is 1. The second-order valence-corrected chi connectivity index (χ2v) is 4.62. The molecule has 0 aliphatic carbocycles. The molecule has 1 rings (SSSR count). The van der Waals surface area contributed by atoms with E-state index in [9.17, 15) is 10.1 Å². The molecule has 4 N–H and O–H groups in total. The number of nitro benzene ring substituents is 1. The van der Waals surface area contributed by atoms with E-state index in [1.54, 1.807) is 13.2 Å². The number of rotatable bonds is 7. The molecule has 1 atom stereocenters. The number of hydrogen-bond acceptors (Lipinski definition) is 6. The molecule has 0 saturated carbocycles. The first-order valence-corrected chi connectivity index (χ1v) is 5.99. The summed E-state index contributed by atoms with van der Waals surface area (Å²) in [6, 6.07) is 4.65. The lowest BCUT2D eigenvalue weighted by molar-refractivity contribution is -0.384. The summed E-state index contributed by atoms with van der Waals surface area (Å²) < 4.78 is 5.14. The molecule has 0 aliphatic heterocycles. The van der Waals surface area contributed by atoms with Crippen LogP contribution in [-0.2, 0) is 4.74 Å². The number of nitrogens with zero attached hydrogens (tertiary/aromatic N) is 1. The van der Waals surface area contributed by atoms with E-state index in [-0.39, 0.29) is 11.7 Å². The second kappa shape index (κ2) is 6.91. The maximum absolute atomic E-state index is 10.9. The fraction of sp³-hybridized carbons (Fsp3) is 0.500. The first-order chi connectivity index (χ1) is 8.97. The molecular formula is C12H20N4O3. The van der Waals surface area contributed by atoms with Gasteiger partial charge in [0.1, 0.15) is 0 Å². The van der Waals surface area contributed by atoms with Gasteiger partial charge in [0, 0.05) is 24.9 Å². The molecular weight excluding hydrogens is 248 g/mol. The lowest BCUT2D eigenvalue weighted by Gasteiger charge is -2.23. The Morgan fingerprint density at radius 1 is 1.37 bits per heavy atom. The quantitative estimate of drug-likeness (QED) is 0.397. The SMILES string of the molecule is COCC(Nc1cc(NN)cc([N+](=O)[O-])c1)C(C)C. The molecule has 1 aromatic carbocycles. The number of methoxy groups -OCH3 is 1. The topological polar surface area (TPSA) is 102 Å². The number of nitrogens with two attached hydrogens (primary N) is 1. The van der Waals surface area contributed by atoms with Crippen molar-refractivity contribution in [3.05, 3.63) is 28.3 Å². The van der Waals surface area contributed by atoms with Crippen LogP contribution in [-0.4, -0.2) is 24.7 Å². The number of nitrogen functional groups attached to an aromatic ring is 1. The number of nitro groups is 1. The van der Waals surface area contributed by atoms with Gasteiger partial charge in [0.05, 0.1) is 23.3 Å². The maximum Gasteiger partial charge on any atom is 0.273 e. The Balaban J connectivity index is 2.98. The summed E-state index contributed by atoms with van der Waals surface area (Å²) >= 11 is 0. The zero-order valence-corrected chi connectivity index (χ0v) is 11.3. The zero-order chi connectivity index (χ0) is 14.4. The number of benzene rings is 1. The minimum Gasteiger partial charge on any atom is -0.383 e. The highest BCUT2D eigenvalue weighted by atomic mass is 16.6. The van der Waals surface area contributed by atoms with E-state index >= 15 is 0 Å². The highest BCUT2D eigenvalue weighted by molar-refractivity contribution is 5.63. The van der Waals surface area contributed by atoms with Gasteiger partial charge in [-0.05, 0) is 12.0 Å². The van der Waals surface area contributed by atoms with E-state index < -0.39 is 4.92 Å². The summed E-state index contributed by atoms with van der Waals surface area (Å²) in [7, 11) is 1.62. The summed E-state index contributed by atoms with van der Waals surface area (Å²) in [5.41, 5.74) is 3.53. The normalized spacial score (nSPS) is 12.3. The molecule has 7 heteroatoms. The molecule has 0 spiro atoms. The molecule has 0 saturated heterocycles. The lowest BCUT2D eigenvalue weighted by Crippen LogP contribution is -2.30. The van der Waals surface area contributed by atoms with Gasteiger partial charge < -0.3 is 15.5 Å². The van der Waals surface area contributed by atoms with Gasteiger partial charge in [-0.25, -0.2) is 0 Å². The van der Waals surface area contributed by atoms with E-state index in [1.807, 2.05) is 0 Å². The van der Waals surface area contributed by atoms with Crippen LogP contribution in [0.3, 0.4) is 0 Å². The predicted octanol–water partition coefficient (Wildman–Crippen LogP) is 1.96. The predicted molar refractivity (Wildman–Crippen MR) is 75.0 cm³/mol. The highest BCUT2D eigenvalue weighted by Gasteiger charge is 2.15. The molecule has 19 heavy (non-hydrogen) atoms. The lowest BCUT2D eigenvalue weighted by atomic mass is 10.0. The van der Waals surface area contributed by atoms with Crippen molar-refractivity contribution in [2.45, 2.75) is 19.9 Å². The van der Waals surface area contributed by atoms with Crippen LogP contribution in [0.1, 0.15) is 13.8 Å². The molecule has 1 aromatic rings. The second-order valence-electron chi connectivity index (χ2n) is 4.62. The maximum atomic E-state index is 10.9. The summed E-state index contributed by atoms with van der Waals surface area (Å²) in [5.74, 6) is 5.64. The van der Waals surface area contributed by atoms with Crippen molar-refractivity contribution in [2.24, 2.45) is 11.8 Å². The Morgan fingerprint density at radius 2 is 2.00 bits per heavy atom. The number of hydrazine groups is 1. The van der Waals surface area contributed by atoms with Gasteiger partial charge >= 0.3 is 0 Å². The molecule has 7 nitrogen and oxygen atoms in total. The monoisotopic (exact) mass is 268 g/mol. The van der Waals surface area contributed by atoms with Gasteiger partial charge in [-0.1, -0.05) is 13.8 Å². The van der Waals surface area contributed by atoms with Crippen LogP contribution in [0.4, 0.5) is 17.1 Å². The van der Waals surface area contributed by atoms with Gasteiger partial charge in [0.15, 0.2) is 0 Å². The summed E-state index contributed by atoms with van der Waals surface area (Å²) in [5, 5.41) is 14.1. The van der Waals surface area contributed by atoms with Crippen molar-refractivity contribution in [1.29, 1.82) is 0 Å². The Bertz CT molecular complexity index is 437. The van der Waals surface area contributed by atoms with Crippen LogP contribution in [0.15, 0.2) is 18.2 Å². The van der Waals surface area contributed by atoms with E-state index in [0.29, 0.717) is 23.9 Å². The molecule has 0 aromatic heterocycles. The summed E-state index contributed by atoms with van der Waals surface area (Å²) in [4.78, 5) is 10.4. The molecule has 0 heterocycles. The third-order valence-corrected chi connectivity index (χ3v) is 2.80. The van der Waals surface area contributed by atoms with Gasteiger partial charge in [-0.3, -0.25) is 16.0 Å². The van der Waals surface area contributed by atoms with Gasteiger partial charge in [-0.2, -0.15) is 0 Å². The fourth-order valence-corrected chi connectivity index (χ4v) is 1.68. The molecule has 0 amide bonds. The van der Waals surface area contributed by atoms with Gasteiger partial charge in [0.25, 0.3) is 5.69 Å². The first-order valence-electron chi connectivity index (χ1n) is 5.99. The summed E-state index contributed by atoms with van der Waals surface area (Å²) in [6.07, 6.45) is 0. The van der Waals surface area contributed by atoms with Gasteiger partial charge in [0.2, 0.25) is 0 Å². The van der Waals surface area contributed by atoms with Crippen LogP contribution in [0.2, 0.25) is 0 Å². The fourth-order valence-electron chi connectivity index (χ4n) is 1.68. The van der Waals surface area contributed by atoms with Gasteiger partial charge in [-0.15, -0.1) is 0 Å². The number of non-ortho nitro benzene ring substituents is 1. The standard InChI is InChI=1S/C12H20N4O3/c1-8(2)12(7-19-3)14-9-4-10(15-13)6-11(5-9)16(17)18/h4-6,8,12,14-15H,7,13H2,1-3H3. The third-order valence-electron chi connectivity index (χ3n) is 2.80. The molecule has 0 bridgehead atoms. The molecule has 0 radical (unpaired) electrons. The smallest absolute Gasteiger partial charge is 0.273 e. The first kappa shape index (κ1) is 15.2. The molecule has 1 unspecified atom stereocenters. The largest absolute Gasteiger partial charge is 0.383 e. The van der Waals surface area contributed by atoms with Crippen molar-refractivity contribution in [2.75, 3.05) is 24.5 Å². The van der Waals surface area contributed by atoms with Crippen LogP contribution in [0, 0.1) is 16.0 Å². The Hall–Kier alpha value is -1.86. The minimum atomic E-state index is -0.452. The highest BCUT2D eigenvalue weighted by Crippen LogP contribution is 2.25. The van der Waals surface area contributed by atoms with Crippen molar-refractivity contribution < 1.29 is 9.66 Å². The van der Waals surface area contributed by atoms with Crippen molar-refractivity contribution >= 4 is 17.1 Å². The molecule has 0 fully saturated rings. The summed E-state index contributed by atoms with van der Waals surface area (Å²) in [6.45, 7) is 4.62. The van der Waals surface area contributed by atoms with Crippen LogP contribution < -0.4 is 16.6 Å². The van der Waals surface area contributed by atoms with Crippen molar-refractivity contribution in [1.82, 2.24) is 0 Å². The van der Waals surface area contributed by atoms with Crippen LogP contribution >= 0.6 is 0 Å². The van der Waals surface area contributed by atoms with E-state index in [1.165, 1.54) is 12.1 Å². The number of nitrogens with one attached hydrogen (secondary N) is 2. The van der Waals surface area contributed by atoms with E-state index in [0.717, 1.165) is 0 Å². The average Bonchev–Trinajstić information content (AvgIpc) is 2.37. The zero-order valence-electron chi connectivity index (χ0n) is 11.3. The minimum absolute atomic E-state index is 0.0159. The van der Waals surface area contributed by atoms with E-state index in [2.05, 4.69) is 24.6 Å². The number of hydrogen-bond donors (Lipinski definition) is 3. The molecule has 106 valence electrons. The van der Waals surface area contributed by atoms with Crippen molar-refractivity contribution in [3.8, 4) is 0 Å². The Morgan fingerprint density at radius 3 is 2.47 bits per heavy atom.